The first kappa shape index (κ1) is 53.0. The van der Waals surface area contributed by atoms with Crippen molar-refractivity contribution in [3.8, 4) is 0 Å². The molecule has 12 heteroatoms. The van der Waals surface area contributed by atoms with Gasteiger partial charge in [0.05, 0.1) is 13.2 Å². The van der Waals surface area contributed by atoms with Crippen LogP contribution in [0.25, 0.3) is 0 Å². The number of phosphoric acid groups is 1. The Kier molecular flexibility index (Phi) is 37.4. The maximum absolute atomic E-state index is 12.3. The lowest BCUT2D eigenvalue weighted by Crippen LogP contribution is -2.43. The number of carboxylic acids is 1. The molecule has 0 aliphatic rings. The number of carbonyl (C=O) groups is 3. The maximum Gasteiger partial charge on any atom is 0.472 e. The second kappa shape index (κ2) is 38.8. The first-order valence-corrected chi connectivity index (χ1v) is 23.4. The van der Waals surface area contributed by atoms with Crippen LogP contribution < -0.4 is 5.32 Å². The Labute approximate surface area is 334 Å². The summed E-state index contributed by atoms with van der Waals surface area (Å²) in [5, 5.41) is 21.8. The normalized spacial score (nSPS) is 14.0. The third-order valence-electron chi connectivity index (χ3n) is 9.46. The Morgan fingerprint density at radius 3 is 1.38 bits per heavy atom. The quantitative estimate of drug-likeness (QED) is 0.0202. The molecule has 1 amide bonds. The minimum atomic E-state index is -4.75. The molecule has 3 unspecified atom stereocenters. The van der Waals surface area contributed by atoms with Crippen LogP contribution in [0.15, 0.2) is 24.3 Å². The van der Waals surface area contributed by atoms with E-state index in [9.17, 15) is 34.1 Å². The van der Waals surface area contributed by atoms with Crippen LogP contribution in [0, 0.1) is 0 Å². The van der Waals surface area contributed by atoms with E-state index in [4.69, 9.17) is 13.8 Å². The van der Waals surface area contributed by atoms with E-state index in [0.29, 0.717) is 12.8 Å². The molecule has 0 bridgehead atoms. The van der Waals surface area contributed by atoms with E-state index >= 15 is 0 Å². The number of hydrogen-bond donors (Lipinski definition) is 4. The van der Waals surface area contributed by atoms with Crippen LogP contribution >= 0.6 is 7.82 Å². The number of unbranched alkanes of at least 4 members (excludes halogenated alkanes) is 23. The predicted molar refractivity (Wildman–Crippen MR) is 222 cm³/mol. The van der Waals surface area contributed by atoms with Gasteiger partial charge in [-0.15, -0.1) is 0 Å². The standard InChI is InChI=1S/C43H80NO10P/c1-3-5-7-9-11-13-15-17-19-20-21-23-25-27-29-31-33-35-42(47)52-36-39(45)37-53-55(50,51)54-38-40(43(48)49)44-41(46)34-32-30-28-26-24-22-18-16-14-12-10-8-6-4-2/h16-19,39-40,45H,3-15,20-38H2,1-2H3,(H,44,46)(H,48,49)(H,50,51)/b18-16-,19-17-. The number of aliphatic carboxylic acids is 1. The van der Waals surface area contributed by atoms with Crippen LogP contribution in [0.4, 0.5) is 0 Å². The van der Waals surface area contributed by atoms with Crippen molar-refractivity contribution in [2.75, 3.05) is 19.8 Å². The van der Waals surface area contributed by atoms with Crippen molar-refractivity contribution in [3.63, 3.8) is 0 Å². The molecule has 4 N–H and O–H groups in total. The number of allylic oxidation sites excluding steroid dienone is 4. The molecule has 0 aliphatic carbocycles. The van der Waals surface area contributed by atoms with E-state index < -0.39 is 57.6 Å². The van der Waals surface area contributed by atoms with Gasteiger partial charge < -0.3 is 25.2 Å². The highest BCUT2D eigenvalue weighted by Crippen LogP contribution is 2.43. The molecule has 0 saturated heterocycles. The molecule has 11 nitrogen and oxygen atoms in total. The van der Waals surface area contributed by atoms with Gasteiger partial charge in [0.25, 0.3) is 0 Å². The number of hydrogen-bond acceptors (Lipinski definition) is 8. The van der Waals surface area contributed by atoms with Gasteiger partial charge in [0.1, 0.15) is 12.7 Å². The molecule has 0 aromatic carbocycles. The molecule has 322 valence electrons. The van der Waals surface area contributed by atoms with Gasteiger partial charge in [-0.05, 0) is 64.2 Å². The van der Waals surface area contributed by atoms with Crippen molar-refractivity contribution < 1.29 is 47.8 Å². The lowest BCUT2D eigenvalue weighted by molar-refractivity contribution is -0.147. The van der Waals surface area contributed by atoms with Gasteiger partial charge in [0, 0.05) is 12.8 Å². The second-order valence-electron chi connectivity index (χ2n) is 14.9. The minimum absolute atomic E-state index is 0.137. The van der Waals surface area contributed by atoms with Gasteiger partial charge in [-0.1, -0.05) is 147 Å². The molecule has 0 fully saturated rings. The van der Waals surface area contributed by atoms with E-state index in [2.05, 4.69) is 43.5 Å². The van der Waals surface area contributed by atoms with Crippen molar-refractivity contribution in [2.45, 2.75) is 212 Å². The molecular formula is C43H80NO10P. The molecule has 0 radical (unpaired) electrons. The van der Waals surface area contributed by atoms with Gasteiger partial charge in [-0.2, -0.15) is 0 Å². The van der Waals surface area contributed by atoms with Crippen LogP contribution in [0.1, 0.15) is 200 Å². The number of carbonyl (C=O) groups excluding carboxylic acids is 2. The average molecular weight is 802 g/mol. The number of ether oxygens (including phenoxy) is 1. The molecule has 0 heterocycles. The van der Waals surface area contributed by atoms with E-state index in [1.165, 1.54) is 96.3 Å². The highest BCUT2D eigenvalue weighted by atomic mass is 31.2. The highest BCUT2D eigenvalue weighted by molar-refractivity contribution is 7.47. The van der Waals surface area contributed by atoms with Gasteiger partial charge in [0.2, 0.25) is 5.91 Å². The number of esters is 1. The Hall–Kier alpha value is -2.04. The monoisotopic (exact) mass is 802 g/mol. The third kappa shape index (κ3) is 38.6. The first-order valence-electron chi connectivity index (χ1n) is 21.9. The van der Waals surface area contributed by atoms with Crippen LogP contribution in [-0.2, 0) is 32.7 Å². The van der Waals surface area contributed by atoms with Crippen molar-refractivity contribution in [1.29, 1.82) is 0 Å². The van der Waals surface area contributed by atoms with Crippen molar-refractivity contribution in [2.24, 2.45) is 0 Å². The maximum atomic E-state index is 12.3. The molecule has 55 heavy (non-hydrogen) atoms. The highest BCUT2D eigenvalue weighted by Gasteiger charge is 2.28. The van der Waals surface area contributed by atoms with E-state index in [-0.39, 0.29) is 12.8 Å². The zero-order valence-electron chi connectivity index (χ0n) is 34.7. The number of nitrogens with one attached hydrogen (secondary N) is 1. The summed E-state index contributed by atoms with van der Waals surface area (Å²) in [6, 6.07) is -1.55. The van der Waals surface area contributed by atoms with Gasteiger partial charge >= 0.3 is 19.8 Å². The van der Waals surface area contributed by atoms with Crippen LogP contribution in [0.3, 0.4) is 0 Å². The van der Waals surface area contributed by atoms with E-state index in [0.717, 1.165) is 64.2 Å². The summed E-state index contributed by atoms with van der Waals surface area (Å²) in [4.78, 5) is 45.9. The lowest BCUT2D eigenvalue weighted by atomic mass is 10.1. The van der Waals surface area contributed by atoms with Crippen molar-refractivity contribution in [1.82, 2.24) is 5.32 Å². The molecule has 0 aromatic rings. The SMILES string of the molecule is CCCCCCC/C=C\CCCCCCCC(=O)NC(COP(=O)(O)OCC(O)COC(=O)CCCCCCCCC/C=C\CCCCCCCC)C(=O)O. The number of aliphatic hydroxyl groups is 1. The third-order valence-corrected chi connectivity index (χ3v) is 10.4. The Bertz CT molecular complexity index is 1040. The average Bonchev–Trinajstić information content (AvgIpc) is 3.16. The van der Waals surface area contributed by atoms with Crippen LogP contribution in [0.2, 0.25) is 0 Å². The minimum Gasteiger partial charge on any atom is -0.480 e. The zero-order valence-corrected chi connectivity index (χ0v) is 35.6. The number of rotatable bonds is 41. The van der Waals surface area contributed by atoms with Crippen molar-refractivity contribution >= 4 is 25.7 Å². The topological polar surface area (TPSA) is 169 Å². The summed E-state index contributed by atoms with van der Waals surface area (Å²) in [5.41, 5.74) is 0. The number of aliphatic hydroxyl groups excluding tert-OH is 1. The summed E-state index contributed by atoms with van der Waals surface area (Å²) in [6.07, 6.45) is 39.1. The second-order valence-corrected chi connectivity index (χ2v) is 16.3. The fraction of sp³-hybridized carbons (Fsp3) is 0.837. The van der Waals surface area contributed by atoms with Crippen LogP contribution in [0.5, 0.6) is 0 Å². The molecule has 3 atom stereocenters. The zero-order chi connectivity index (χ0) is 40.7. The molecule has 0 saturated carbocycles. The van der Waals surface area contributed by atoms with Crippen molar-refractivity contribution in [3.05, 3.63) is 24.3 Å². The summed E-state index contributed by atoms with van der Waals surface area (Å²) >= 11 is 0. The fourth-order valence-corrected chi connectivity index (χ4v) is 6.78. The van der Waals surface area contributed by atoms with Gasteiger partial charge in [0.15, 0.2) is 6.04 Å². The van der Waals surface area contributed by atoms with E-state index in [1.54, 1.807) is 0 Å². The van der Waals surface area contributed by atoms with Gasteiger partial charge in [-0.3, -0.25) is 18.6 Å². The fourth-order valence-electron chi connectivity index (χ4n) is 6.01. The molecule has 0 aliphatic heterocycles. The Balaban J connectivity index is 3.90. The molecular weight excluding hydrogens is 721 g/mol. The Morgan fingerprint density at radius 2 is 0.945 bits per heavy atom. The number of carboxylic acid groups (broad SMARTS) is 1. The number of amides is 1. The molecule has 0 aromatic heterocycles. The number of phosphoric ester groups is 1. The first-order chi connectivity index (χ1) is 26.6. The molecule has 0 spiro atoms. The predicted octanol–water partition coefficient (Wildman–Crippen LogP) is 11.1. The Morgan fingerprint density at radius 1 is 0.564 bits per heavy atom. The van der Waals surface area contributed by atoms with Gasteiger partial charge in [-0.25, -0.2) is 9.36 Å². The summed E-state index contributed by atoms with van der Waals surface area (Å²) in [5.74, 6) is -2.38. The van der Waals surface area contributed by atoms with E-state index in [1.807, 2.05) is 0 Å². The summed E-state index contributed by atoms with van der Waals surface area (Å²) in [7, 11) is -4.75. The molecule has 0 rings (SSSR count). The summed E-state index contributed by atoms with van der Waals surface area (Å²) in [6.45, 7) is 2.57. The largest absolute Gasteiger partial charge is 0.480 e. The summed E-state index contributed by atoms with van der Waals surface area (Å²) < 4.78 is 26.8. The lowest BCUT2D eigenvalue weighted by Gasteiger charge is -2.18. The van der Waals surface area contributed by atoms with Crippen LogP contribution in [-0.4, -0.2) is 64.9 Å². The smallest absolute Gasteiger partial charge is 0.472 e.